The predicted molar refractivity (Wildman–Crippen MR) is 105 cm³/mol. The molecule has 0 spiro atoms. The summed E-state index contributed by atoms with van der Waals surface area (Å²) in [5, 5.41) is 11.5. The van der Waals surface area contributed by atoms with Gasteiger partial charge in [0, 0.05) is 10.7 Å². The summed E-state index contributed by atoms with van der Waals surface area (Å²) in [5.41, 5.74) is 0.244. The standard InChI is InChI=1S/C17H14Br2N2O6/c1-9-13(11(18)8-12(19)14(9)21(24)25)20-7-5-4-6-10(16(22)26-2)15(20)17(23)27-3/h4-8H,1-3H3. The number of carbonyl (C=O) groups excluding carboxylic acids is 2. The molecule has 0 aliphatic carbocycles. The van der Waals surface area contributed by atoms with E-state index in [1.165, 1.54) is 37.5 Å². The smallest absolute Gasteiger partial charge is 0.355 e. The number of hydrogen-bond donors (Lipinski definition) is 0. The number of nitrogens with zero attached hydrogens (tertiary/aromatic N) is 2. The van der Waals surface area contributed by atoms with Crippen molar-refractivity contribution in [3.63, 3.8) is 0 Å². The number of rotatable bonds is 4. The van der Waals surface area contributed by atoms with Gasteiger partial charge >= 0.3 is 11.9 Å². The van der Waals surface area contributed by atoms with E-state index in [-0.39, 0.29) is 27.0 Å². The van der Waals surface area contributed by atoms with Gasteiger partial charge in [-0.05, 0) is 57.0 Å². The number of nitro groups is 1. The third-order valence-corrected chi connectivity index (χ3v) is 4.94. The monoisotopic (exact) mass is 500 g/mol. The second kappa shape index (κ2) is 8.49. The Balaban J connectivity index is 2.87. The average molecular weight is 502 g/mol. The van der Waals surface area contributed by atoms with Gasteiger partial charge in [0.1, 0.15) is 5.70 Å². The van der Waals surface area contributed by atoms with Gasteiger partial charge in [0.15, 0.2) is 0 Å². The van der Waals surface area contributed by atoms with E-state index < -0.39 is 16.9 Å². The predicted octanol–water partition coefficient (Wildman–Crippen LogP) is 3.92. The minimum absolute atomic E-state index is 0.0498. The van der Waals surface area contributed by atoms with Crippen molar-refractivity contribution >= 4 is 55.2 Å². The molecule has 1 aromatic rings. The molecule has 0 unspecified atom stereocenters. The Kier molecular flexibility index (Phi) is 6.55. The molecule has 0 radical (unpaired) electrons. The molecule has 27 heavy (non-hydrogen) atoms. The highest BCUT2D eigenvalue weighted by molar-refractivity contribution is 9.11. The summed E-state index contributed by atoms with van der Waals surface area (Å²) < 4.78 is 10.3. The summed E-state index contributed by atoms with van der Waals surface area (Å²) in [6.45, 7) is 1.54. The van der Waals surface area contributed by atoms with E-state index in [2.05, 4.69) is 31.9 Å². The average Bonchev–Trinajstić information content (AvgIpc) is 2.82. The number of hydrogen-bond acceptors (Lipinski definition) is 7. The molecule has 0 fully saturated rings. The van der Waals surface area contributed by atoms with Gasteiger partial charge in [0.05, 0.1) is 40.4 Å². The third-order valence-electron chi connectivity index (χ3n) is 3.73. The molecule has 142 valence electrons. The number of methoxy groups -OCH3 is 2. The lowest BCUT2D eigenvalue weighted by atomic mass is 10.1. The molecule has 2 rings (SSSR count). The summed E-state index contributed by atoms with van der Waals surface area (Å²) in [5.74, 6) is -1.55. The summed E-state index contributed by atoms with van der Waals surface area (Å²) in [6.07, 6.45) is 6.04. The lowest BCUT2D eigenvalue weighted by Crippen LogP contribution is -2.28. The SMILES string of the molecule is COC(=O)C1=C(C(=O)OC)N(c2c(Br)cc(Br)c([N+](=O)[O-])c2C)C=CC=C1. The fourth-order valence-corrected chi connectivity index (χ4v) is 4.27. The molecule has 0 aromatic heterocycles. The van der Waals surface area contributed by atoms with Crippen molar-refractivity contribution in [1.82, 2.24) is 0 Å². The second-order valence-corrected chi connectivity index (χ2v) is 6.94. The first-order valence-corrected chi connectivity index (χ1v) is 9.01. The first kappa shape index (κ1) is 20.8. The van der Waals surface area contributed by atoms with E-state index in [1.54, 1.807) is 19.1 Å². The lowest BCUT2D eigenvalue weighted by Gasteiger charge is -2.26. The molecule has 0 saturated heterocycles. The van der Waals surface area contributed by atoms with Crippen molar-refractivity contribution in [2.75, 3.05) is 19.1 Å². The second-order valence-electron chi connectivity index (χ2n) is 5.24. The van der Waals surface area contributed by atoms with Crippen molar-refractivity contribution in [2.24, 2.45) is 0 Å². The quantitative estimate of drug-likeness (QED) is 0.350. The molecule has 0 saturated carbocycles. The zero-order valence-electron chi connectivity index (χ0n) is 14.5. The number of halogens is 2. The van der Waals surface area contributed by atoms with E-state index in [0.717, 1.165) is 0 Å². The molecule has 1 aromatic carbocycles. The van der Waals surface area contributed by atoms with Crippen LogP contribution in [-0.2, 0) is 19.1 Å². The number of benzene rings is 1. The summed E-state index contributed by atoms with van der Waals surface area (Å²) in [7, 11) is 2.36. The largest absolute Gasteiger partial charge is 0.465 e. The van der Waals surface area contributed by atoms with Gasteiger partial charge in [0.25, 0.3) is 5.69 Å². The Bertz CT molecular complexity index is 920. The Morgan fingerprint density at radius 2 is 1.74 bits per heavy atom. The molecule has 1 aliphatic heterocycles. The van der Waals surface area contributed by atoms with Gasteiger partial charge in [-0.3, -0.25) is 10.1 Å². The van der Waals surface area contributed by atoms with E-state index in [0.29, 0.717) is 10.2 Å². The number of ether oxygens (including phenoxy) is 2. The number of nitro benzene ring substituents is 1. The van der Waals surface area contributed by atoms with Gasteiger partial charge in [-0.25, -0.2) is 9.59 Å². The number of carbonyl (C=O) groups is 2. The van der Waals surface area contributed by atoms with Crippen LogP contribution >= 0.6 is 31.9 Å². The van der Waals surface area contributed by atoms with Crippen LogP contribution in [-0.4, -0.2) is 31.1 Å². The van der Waals surface area contributed by atoms with E-state index in [1.807, 2.05) is 0 Å². The Morgan fingerprint density at radius 1 is 1.11 bits per heavy atom. The van der Waals surface area contributed by atoms with Crippen molar-refractivity contribution in [3.8, 4) is 0 Å². The van der Waals surface area contributed by atoms with Crippen LogP contribution in [0.1, 0.15) is 5.56 Å². The molecular weight excluding hydrogens is 488 g/mol. The van der Waals surface area contributed by atoms with E-state index >= 15 is 0 Å². The number of allylic oxidation sites excluding steroid dienone is 2. The molecule has 1 heterocycles. The topological polar surface area (TPSA) is 99.0 Å². The van der Waals surface area contributed by atoms with Gasteiger partial charge in [0.2, 0.25) is 0 Å². The van der Waals surface area contributed by atoms with E-state index in [9.17, 15) is 19.7 Å². The van der Waals surface area contributed by atoms with Gasteiger partial charge in [-0.2, -0.15) is 0 Å². The Hall–Kier alpha value is -2.46. The number of esters is 2. The molecule has 1 aliphatic rings. The van der Waals surface area contributed by atoms with Crippen LogP contribution in [0.4, 0.5) is 11.4 Å². The summed E-state index contributed by atoms with van der Waals surface area (Å²) >= 11 is 6.55. The van der Waals surface area contributed by atoms with Crippen LogP contribution in [0, 0.1) is 17.0 Å². The van der Waals surface area contributed by atoms with Crippen LogP contribution in [0.25, 0.3) is 0 Å². The maximum atomic E-state index is 12.5. The lowest BCUT2D eigenvalue weighted by molar-refractivity contribution is -0.386. The van der Waals surface area contributed by atoms with Crippen molar-refractivity contribution < 1.29 is 24.0 Å². The third kappa shape index (κ3) is 3.96. The van der Waals surface area contributed by atoms with Crippen LogP contribution in [0.15, 0.2) is 50.7 Å². The Morgan fingerprint density at radius 3 is 2.30 bits per heavy atom. The first-order chi connectivity index (χ1) is 12.7. The highest BCUT2D eigenvalue weighted by Crippen LogP contribution is 2.43. The van der Waals surface area contributed by atoms with Crippen molar-refractivity contribution in [2.45, 2.75) is 6.92 Å². The molecule has 0 amide bonds. The van der Waals surface area contributed by atoms with Crippen LogP contribution < -0.4 is 4.90 Å². The Labute approximate surface area is 171 Å². The first-order valence-electron chi connectivity index (χ1n) is 7.42. The van der Waals surface area contributed by atoms with Crippen LogP contribution in [0.2, 0.25) is 0 Å². The fourth-order valence-electron chi connectivity index (χ4n) is 2.58. The zero-order valence-corrected chi connectivity index (χ0v) is 17.7. The molecule has 0 atom stereocenters. The minimum atomic E-state index is -0.802. The van der Waals surface area contributed by atoms with Crippen LogP contribution in [0.3, 0.4) is 0 Å². The van der Waals surface area contributed by atoms with Gasteiger partial charge in [-0.15, -0.1) is 0 Å². The maximum Gasteiger partial charge on any atom is 0.355 e. The molecule has 10 heteroatoms. The molecule has 8 nitrogen and oxygen atoms in total. The number of anilines is 1. The van der Waals surface area contributed by atoms with E-state index in [4.69, 9.17) is 9.47 Å². The molecule has 0 N–H and O–H groups in total. The summed E-state index contributed by atoms with van der Waals surface area (Å²) in [4.78, 5) is 37.0. The van der Waals surface area contributed by atoms with Gasteiger partial charge in [-0.1, -0.05) is 6.08 Å². The normalized spacial score (nSPS) is 13.4. The zero-order chi connectivity index (χ0) is 20.3. The maximum absolute atomic E-state index is 12.5. The summed E-state index contributed by atoms with van der Waals surface area (Å²) in [6, 6.07) is 1.50. The molecular formula is C17H14Br2N2O6. The highest BCUT2D eigenvalue weighted by atomic mass is 79.9. The van der Waals surface area contributed by atoms with Crippen LogP contribution in [0.5, 0.6) is 0 Å². The van der Waals surface area contributed by atoms with Crippen molar-refractivity contribution in [3.05, 3.63) is 66.4 Å². The van der Waals surface area contributed by atoms with Crippen molar-refractivity contribution in [1.29, 1.82) is 0 Å². The fraction of sp³-hybridized carbons (Fsp3) is 0.176. The molecule has 0 bridgehead atoms. The highest BCUT2D eigenvalue weighted by Gasteiger charge is 2.32. The minimum Gasteiger partial charge on any atom is -0.465 e. The van der Waals surface area contributed by atoms with Gasteiger partial charge < -0.3 is 14.4 Å².